The molecule has 3 saturated heterocycles. The van der Waals surface area contributed by atoms with Gasteiger partial charge in [-0.1, -0.05) is 0 Å². The first kappa shape index (κ1) is 21.1. The highest BCUT2D eigenvalue weighted by molar-refractivity contribution is 6.23. The average molecular weight is 442 g/mol. The molecule has 0 spiro atoms. The Balaban J connectivity index is 1.46. The molecule has 4 aliphatic heterocycles. The lowest BCUT2D eigenvalue weighted by molar-refractivity contribution is -0.136. The van der Waals surface area contributed by atoms with Gasteiger partial charge in [-0.15, -0.1) is 0 Å². The number of hydrogen-bond donors (Lipinski definition) is 1. The van der Waals surface area contributed by atoms with Gasteiger partial charge in [0.25, 0.3) is 11.8 Å². The largest absolute Gasteiger partial charge is 0.361 e. The van der Waals surface area contributed by atoms with Gasteiger partial charge in [-0.05, 0) is 52.2 Å². The molecule has 1 aromatic rings. The van der Waals surface area contributed by atoms with Gasteiger partial charge in [0, 0.05) is 37.1 Å². The molecule has 1 aromatic carbocycles. The van der Waals surface area contributed by atoms with Crippen molar-refractivity contribution in [2.45, 2.75) is 70.1 Å². The predicted molar refractivity (Wildman–Crippen MR) is 114 cm³/mol. The maximum atomic E-state index is 15.3. The zero-order chi connectivity index (χ0) is 22.9. The van der Waals surface area contributed by atoms with Gasteiger partial charge in [0.15, 0.2) is 0 Å². The molecule has 170 valence electrons. The van der Waals surface area contributed by atoms with Crippen molar-refractivity contribution in [3.05, 3.63) is 29.1 Å². The second kappa shape index (κ2) is 7.10. The molecule has 4 amide bonds. The van der Waals surface area contributed by atoms with Crippen LogP contribution in [0.2, 0.25) is 0 Å². The van der Waals surface area contributed by atoms with Crippen molar-refractivity contribution in [1.82, 2.24) is 15.1 Å². The summed E-state index contributed by atoms with van der Waals surface area (Å²) in [5.41, 5.74) is 0.459. The van der Waals surface area contributed by atoms with E-state index in [1.165, 1.54) is 6.07 Å². The molecule has 8 nitrogen and oxygen atoms in total. The van der Waals surface area contributed by atoms with Gasteiger partial charge in [0.05, 0.1) is 16.8 Å². The predicted octanol–water partition coefficient (Wildman–Crippen LogP) is 1.68. The van der Waals surface area contributed by atoms with E-state index >= 15 is 4.39 Å². The van der Waals surface area contributed by atoms with Gasteiger partial charge in [0.1, 0.15) is 11.9 Å². The third kappa shape index (κ3) is 3.13. The number of piperidine rings is 1. The summed E-state index contributed by atoms with van der Waals surface area (Å²) in [5, 5.41) is 2.17. The Labute approximate surface area is 185 Å². The van der Waals surface area contributed by atoms with Crippen LogP contribution in [-0.2, 0) is 9.59 Å². The molecule has 1 N–H and O–H groups in total. The van der Waals surface area contributed by atoms with Crippen molar-refractivity contribution in [2.75, 3.05) is 18.0 Å². The zero-order valence-corrected chi connectivity index (χ0v) is 18.5. The van der Waals surface area contributed by atoms with E-state index in [0.29, 0.717) is 5.69 Å². The Morgan fingerprint density at radius 1 is 0.938 bits per heavy atom. The Bertz CT molecular complexity index is 1040. The number of likely N-dealkylation sites (tertiary alicyclic amines) is 1. The number of hydrogen-bond acceptors (Lipinski definition) is 6. The van der Waals surface area contributed by atoms with E-state index in [1.807, 2.05) is 0 Å². The maximum absolute atomic E-state index is 15.3. The summed E-state index contributed by atoms with van der Waals surface area (Å²) in [6, 6.07) is 1.83. The Morgan fingerprint density at radius 2 is 1.53 bits per heavy atom. The summed E-state index contributed by atoms with van der Waals surface area (Å²) in [6.45, 7) is 8.14. The molecular formula is C23H27FN4O4. The van der Waals surface area contributed by atoms with Crippen LogP contribution in [0.4, 0.5) is 10.1 Å². The number of nitrogens with zero attached hydrogens (tertiary/aromatic N) is 3. The summed E-state index contributed by atoms with van der Waals surface area (Å²) >= 11 is 0. The van der Waals surface area contributed by atoms with Gasteiger partial charge in [-0.3, -0.25) is 34.3 Å². The second-order valence-corrected chi connectivity index (χ2v) is 10.2. The molecule has 2 bridgehead atoms. The van der Waals surface area contributed by atoms with Crippen molar-refractivity contribution >= 4 is 29.3 Å². The SMILES string of the molecule is CC(C)(C)N1CC2CCC(C1)N2c1cc2c(cc1F)C(=O)N(C1CCC(=O)NC1=O)C2=O. The molecule has 9 heteroatoms. The molecule has 0 aliphatic carbocycles. The number of piperazine rings is 1. The van der Waals surface area contributed by atoms with E-state index in [-0.39, 0.29) is 41.6 Å². The highest BCUT2D eigenvalue weighted by Crippen LogP contribution is 2.40. The van der Waals surface area contributed by atoms with Crippen LogP contribution < -0.4 is 10.2 Å². The Hall–Kier alpha value is -2.81. The molecule has 0 aromatic heterocycles. The van der Waals surface area contributed by atoms with Crippen LogP contribution in [-0.4, -0.2) is 70.2 Å². The number of carbonyl (C=O) groups is 4. The molecule has 3 unspecified atom stereocenters. The monoisotopic (exact) mass is 442 g/mol. The lowest BCUT2D eigenvalue weighted by Gasteiger charge is -2.47. The zero-order valence-electron chi connectivity index (χ0n) is 18.5. The molecule has 32 heavy (non-hydrogen) atoms. The first-order valence-electron chi connectivity index (χ1n) is 11.1. The minimum atomic E-state index is -1.06. The van der Waals surface area contributed by atoms with Crippen LogP contribution in [0.15, 0.2) is 12.1 Å². The molecule has 5 rings (SSSR count). The Morgan fingerprint density at radius 3 is 2.09 bits per heavy atom. The van der Waals surface area contributed by atoms with Crippen LogP contribution in [0, 0.1) is 5.82 Å². The maximum Gasteiger partial charge on any atom is 0.262 e. The summed E-state index contributed by atoms with van der Waals surface area (Å²) in [7, 11) is 0. The molecule has 3 fully saturated rings. The van der Waals surface area contributed by atoms with Crippen molar-refractivity contribution in [3.8, 4) is 0 Å². The number of rotatable bonds is 2. The van der Waals surface area contributed by atoms with E-state index in [2.05, 4.69) is 35.9 Å². The molecule has 3 atom stereocenters. The minimum Gasteiger partial charge on any atom is -0.361 e. The van der Waals surface area contributed by atoms with E-state index in [0.717, 1.165) is 36.9 Å². The molecular weight excluding hydrogens is 415 g/mol. The summed E-state index contributed by atoms with van der Waals surface area (Å²) in [4.78, 5) is 55.1. The number of fused-ring (bicyclic) bond motifs is 3. The van der Waals surface area contributed by atoms with E-state index in [9.17, 15) is 19.2 Å². The number of carbonyl (C=O) groups excluding carboxylic acids is 4. The molecule has 4 aliphatic rings. The van der Waals surface area contributed by atoms with Crippen LogP contribution in [0.25, 0.3) is 0 Å². The van der Waals surface area contributed by atoms with Gasteiger partial charge in [-0.2, -0.15) is 0 Å². The van der Waals surface area contributed by atoms with Gasteiger partial charge < -0.3 is 4.90 Å². The van der Waals surface area contributed by atoms with Gasteiger partial charge in [0.2, 0.25) is 11.8 Å². The Kier molecular flexibility index (Phi) is 4.67. The van der Waals surface area contributed by atoms with E-state index in [1.54, 1.807) is 0 Å². The first-order chi connectivity index (χ1) is 15.1. The van der Waals surface area contributed by atoms with Crippen LogP contribution in [0.3, 0.4) is 0 Å². The smallest absolute Gasteiger partial charge is 0.262 e. The van der Waals surface area contributed by atoms with Crippen LogP contribution >= 0.6 is 0 Å². The fourth-order valence-corrected chi connectivity index (χ4v) is 5.52. The number of nitrogens with one attached hydrogen (secondary N) is 1. The molecule has 0 saturated carbocycles. The van der Waals surface area contributed by atoms with Crippen LogP contribution in [0.5, 0.6) is 0 Å². The summed E-state index contributed by atoms with van der Waals surface area (Å²) in [6.07, 6.45) is 2.02. The first-order valence-corrected chi connectivity index (χ1v) is 11.1. The van der Waals surface area contributed by atoms with Crippen molar-refractivity contribution in [2.24, 2.45) is 0 Å². The standard InChI is InChI=1S/C23H27FN4O4/c1-23(2,3)26-10-12-4-5-13(11-26)27(12)18-9-15-14(8-16(18)24)21(31)28(22(15)32)17-6-7-19(29)25-20(17)30/h8-9,12-13,17H,4-7,10-11H2,1-3H3,(H,25,29,30). The fraction of sp³-hybridized carbons (Fsp3) is 0.565. The van der Waals surface area contributed by atoms with Crippen LogP contribution in [0.1, 0.15) is 67.2 Å². The van der Waals surface area contributed by atoms with Crippen molar-refractivity contribution in [3.63, 3.8) is 0 Å². The highest BCUT2D eigenvalue weighted by Gasteiger charge is 2.47. The average Bonchev–Trinajstić information content (AvgIpc) is 3.09. The number of anilines is 1. The normalized spacial score (nSPS) is 28.4. The number of benzene rings is 1. The quantitative estimate of drug-likeness (QED) is 0.701. The van der Waals surface area contributed by atoms with Crippen molar-refractivity contribution in [1.29, 1.82) is 0 Å². The van der Waals surface area contributed by atoms with Gasteiger partial charge in [-0.25, -0.2) is 4.39 Å². The minimum absolute atomic E-state index is 0.0221. The third-order valence-electron chi connectivity index (χ3n) is 7.22. The molecule has 4 heterocycles. The fourth-order valence-electron chi connectivity index (χ4n) is 5.52. The number of halogens is 1. The van der Waals surface area contributed by atoms with E-state index < -0.39 is 35.5 Å². The highest BCUT2D eigenvalue weighted by atomic mass is 19.1. The summed E-state index contributed by atoms with van der Waals surface area (Å²) in [5.74, 6) is -2.93. The second-order valence-electron chi connectivity index (χ2n) is 10.2. The van der Waals surface area contributed by atoms with Crippen molar-refractivity contribution < 1.29 is 23.6 Å². The third-order valence-corrected chi connectivity index (χ3v) is 7.22. The number of imide groups is 2. The lowest BCUT2D eigenvalue weighted by Crippen LogP contribution is -2.59. The van der Waals surface area contributed by atoms with Gasteiger partial charge >= 0.3 is 0 Å². The lowest BCUT2D eigenvalue weighted by atomic mass is 10.0. The molecule has 0 radical (unpaired) electrons. The topological polar surface area (TPSA) is 90.0 Å². The number of amides is 4. The summed E-state index contributed by atoms with van der Waals surface area (Å²) < 4.78 is 15.3. The van der Waals surface area contributed by atoms with E-state index in [4.69, 9.17) is 0 Å².